The minimum absolute atomic E-state index is 0.000697. The van der Waals surface area contributed by atoms with Gasteiger partial charge in [-0.1, -0.05) is 12.1 Å². The van der Waals surface area contributed by atoms with Crippen LogP contribution in [0.25, 0.3) is 11.3 Å². The van der Waals surface area contributed by atoms with E-state index in [4.69, 9.17) is 5.73 Å². The standard InChI is InChI=1S/C12H10FN3OS/c1-6-15-10(7-4-2-3-5-8(7)13)9(12(17)18)11(14)16-6/h2-5H,1H3,(H,17,18)(H2,14,15,16). The van der Waals surface area contributed by atoms with E-state index in [0.717, 1.165) is 0 Å². The molecule has 0 aliphatic rings. The fourth-order valence-electron chi connectivity index (χ4n) is 1.65. The van der Waals surface area contributed by atoms with Crippen LogP contribution in [0.5, 0.6) is 0 Å². The van der Waals surface area contributed by atoms with Crippen LogP contribution in [0, 0.1) is 12.7 Å². The zero-order valence-corrected chi connectivity index (χ0v) is 10.4. The molecule has 6 heteroatoms. The van der Waals surface area contributed by atoms with Crippen molar-refractivity contribution in [3.63, 3.8) is 0 Å². The molecule has 2 rings (SSSR count). The summed E-state index contributed by atoms with van der Waals surface area (Å²) < 4.78 is 13.7. The molecule has 18 heavy (non-hydrogen) atoms. The van der Waals surface area contributed by atoms with E-state index in [1.54, 1.807) is 19.1 Å². The maximum absolute atomic E-state index is 13.7. The second kappa shape index (κ2) is 4.73. The van der Waals surface area contributed by atoms with Gasteiger partial charge >= 0.3 is 0 Å². The van der Waals surface area contributed by atoms with Gasteiger partial charge in [-0.3, -0.25) is 4.79 Å². The SMILES string of the molecule is Cc1nc(N)c(C(=O)S)c(-c2ccccc2F)n1. The molecule has 0 amide bonds. The van der Waals surface area contributed by atoms with E-state index in [2.05, 4.69) is 22.6 Å². The third-order valence-electron chi connectivity index (χ3n) is 2.39. The second-order valence-corrected chi connectivity index (χ2v) is 4.07. The normalized spacial score (nSPS) is 10.4. The third kappa shape index (κ3) is 2.19. The van der Waals surface area contributed by atoms with Crippen LogP contribution in [0.15, 0.2) is 24.3 Å². The van der Waals surface area contributed by atoms with Gasteiger partial charge < -0.3 is 5.73 Å². The Bertz CT molecular complexity index is 631. The van der Waals surface area contributed by atoms with Gasteiger partial charge in [0.15, 0.2) is 0 Å². The van der Waals surface area contributed by atoms with Crippen molar-refractivity contribution in [3.05, 3.63) is 41.5 Å². The average Bonchev–Trinajstić information content (AvgIpc) is 2.27. The van der Waals surface area contributed by atoms with Crippen LogP contribution < -0.4 is 5.73 Å². The summed E-state index contributed by atoms with van der Waals surface area (Å²) in [5.74, 6) is -0.115. The summed E-state index contributed by atoms with van der Waals surface area (Å²) >= 11 is 3.72. The Kier molecular flexibility index (Phi) is 3.29. The van der Waals surface area contributed by atoms with Crippen molar-refractivity contribution in [3.8, 4) is 11.3 Å². The number of benzene rings is 1. The lowest BCUT2D eigenvalue weighted by atomic mass is 10.1. The highest BCUT2D eigenvalue weighted by molar-refractivity contribution is 7.97. The molecule has 1 heterocycles. The molecule has 0 fully saturated rings. The van der Waals surface area contributed by atoms with Crippen molar-refractivity contribution in [1.82, 2.24) is 9.97 Å². The third-order valence-corrected chi connectivity index (χ3v) is 2.62. The van der Waals surface area contributed by atoms with Gasteiger partial charge in [-0.15, -0.1) is 12.6 Å². The summed E-state index contributed by atoms with van der Waals surface area (Å²) in [7, 11) is 0. The van der Waals surface area contributed by atoms with E-state index in [0.29, 0.717) is 5.82 Å². The highest BCUT2D eigenvalue weighted by atomic mass is 32.1. The molecule has 0 unspecified atom stereocenters. The fourth-order valence-corrected chi connectivity index (χ4v) is 1.87. The lowest BCUT2D eigenvalue weighted by Crippen LogP contribution is -2.08. The monoisotopic (exact) mass is 263 g/mol. The molecule has 0 saturated heterocycles. The number of anilines is 1. The predicted octanol–water partition coefficient (Wildman–Crippen LogP) is 2.24. The molecule has 0 bridgehead atoms. The number of hydrogen-bond donors (Lipinski definition) is 2. The van der Waals surface area contributed by atoms with Crippen LogP contribution >= 0.6 is 12.6 Å². The maximum Gasteiger partial charge on any atom is 0.222 e. The van der Waals surface area contributed by atoms with Crippen molar-refractivity contribution < 1.29 is 9.18 Å². The van der Waals surface area contributed by atoms with Crippen molar-refractivity contribution >= 4 is 23.6 Å². The van der Waals surface area contributed by atoms with Gasteiger partial charge in [0.2, 0.25) is 5.12 Å². The van der Waals surface area contributed by atoms with Crippen molar-refractivity contribution in [2.24, 2.45) is 0 Å². The summed E-state index contributed by atoms with van der Waals surface area (Å²) in [5.41, 5.74) is 6.06. The zero-order chi connectivity index (χ0) is 13.3. The number of nitrogens with two attached hydrogens (primary N) is 1. The first-order chi connectivity index (χ1) is 8.50. The average molecular weight is 263 g/mol. The molecular formula is C12H10FN3OS. The molecule has 0 atom stereocenters. The Morgan fingerprint density at radius 1 is 1.33 bits per heavy atom. The highest BCUT2D eigenvalue weighted by Crippen LogP contribution is 2.28. The Morgan fingerprint density at radius 3 is 2.61 bits per heavy atom. The Morgan fingerprint density at radius 2 is 2.00 bits per heavy atom. The summed E-state index contributed by atoms with van der Waals surface area (Å²) in [4.78, 5) is 19.4. The van der Waals surface area contributed by atoms with Crippen molar-refractivity contribution in [1.29, 1.82) is 0 Å². The summed E-state index contributed by atoms with van der Waals surface area (Å²) in [6.07, 6.45) is 0. The first-order valence-corrected chi connectivity index (χ1v) is 5.57. The Hall–Kier alpha value is -1.95. The van der Waals surface area contributed by atoms with Gasteiger partial charge in [-0.2, -0.15) is 0 Å². The molecule has 1 aromatic carbocycles. The van der Waals surface area contributed by atoms with Gasteiger partial charge in [0.1, 0.15) is 17.5 Å². The largest absolute Gasteiger partial charge is 0.383 e. The topological polar surface area (TPSA) is 68.9 Å². The molecule has 0 aliphatic carbocycles. The van der Waals surface area contributed by atoms with Crippen molar-refractivity contribution in [2.75, 3.05) is 5.73 Å². The Labute approximate surface area is 108 Å². The summed E-state index contributed by atoms with van der Waals surface area (Å²) in [5, 5.41) is -0.592. The molecule has 0 radical (unpaired) electrons. The number of nitrogen functional groups attached to an aromatic ring is 1. The summed E-state index contributed by atoms with van der Waals surface area (Å²) in [6, 6.07) is 6.02. The van der Waals surface area contributed by atoms with E-state index in [1.807, 2.05) is 0 Å². The molecule has 0 saturated carbocycles. The van der Waals surface area contributed by atoms with E-state index in [9.17, 15) is 9.18 Å². The quantitative estimate of drug-likeness (QED) is 0.815. The number of hydrogen-bond acceptors (Lipinski definition) is 4. The maximum atomic E-state index is 13.7. The van der Waals surface area contributed by atoms with E-state index in [1.165, 1.54) is 12.1 Å². The molecule has 1 aromatic heterocycles. The number of thiol groups is 1. The minimum atomic E-state index is -0.592. The smallest absolute Gasteiger partial charge is 0.222 e. The van der Waals surface area contributed by atoms with Gasteiger partial charge in [-0.05, 0) is 19.1 Å². The molecule has 2 aromatic rings. The fraction of sp³-hybridized carbons (Fsp3) is 0.0833. The first-order valence-electron chi connectivity index (χ1n) is 5.13. The van der Waals surface area contributed by atoms with Crippen LogP contribution in [0.4, 0.5) is 10.2 Å². The van der Waals surface area contributed by atoms with Crippen molar-refractivity contribution in [2.45, 2.75) is 6.92 Å². The van der Waals surface area contributed by atoms with E-state index >= 15 is 0 Å². The predicted molar refractivity (Wildman–Crippen MR) is 69.9 cm³/mol. The molecule has 0 spiro atoms. The number of nitrogens with zero attached hydrogens (tertiary/aromatic N) is 2. The Balaban J connectivity index is 2.78. The van der Waals surface area contributed by atoms with Crippen LogP contribution in [0.1, 0.15) is 16.2 Å². The van der Waals surface area contributed by atoms with Gasteiger partial charge in [0, 0.05) is 5.56 Å². The lowest BCUT2D eigenvalue weighted by molar-refractivity contribution is 0.109. The minimum Gasteiger partial charge on any atom is -0.383 e. The number of carbonyl (C=O) groups is 1. The first kappa shape index (κ1) is 12.5. The summed E-state index contributed by atoms with van der Waals surface area (Å²) in [6.45, 7) is 1.62. The molecular weight excluding hydrogens is 253 g/mol. The molecule has 4 nitrogen and oxygen atoms in total. The number of rotatable bonds is 2. The lowest BCUT2D eigenvalue weighted by Gasteiger charge is -2.09. The van der Waals surface area contributed by atoms with Crippen LogP contribution in [-0.4, -0.2) is 15.1 Å². The molecule has 0 aliphatic heterocycles. The highest BCUT2D eigenvalue weighted by Gasteiger charge is 2.19. The van der Waals surface area contributed by atoms with E-state index < -0.39 is 10.9 Å². The van der Waals surface area contributed by atoms with E-state index in [-0.39, 0.29) is 22.6 Å². The molecule has 92 valence electrons. The zero-order valence-electron chi connectivity index (χ0n) is 9.51. The van der Waals surface area contributed by atoms with Gasteiger partial charge in [-0.25, -0.2) is 14.4 Å². The molecule has 2 N–H and O–H groups in total. The number of aryl methyl sites for hydroxylation is 1. The number of halogens is 1. The number of aromatic nitrogens is 2. The van der Waals surface area contributed by atoms with Crippen LogP contribution in [-0.2, 0) is 0 Å². The number of carbonyl (C=O) groups excluding carboxylic acids is 1. The van der Waals surface area contributed by atoms with Crippen LogP contribution in [0.3, 0.4) is 0 Å². The van der Waals surface area contributed by atoms with Gasteiger partial charge in [0.25, 0.3) is 0 Å². The van der Waals surface area contributed by atoms with Crippen LogP contribution in [0.2, 0.25) is 0 Å². The van der Waals surface area contributed by atoms with Gasteiger partial charge in [0.05, 0.1) is 11.3 Å². The second-order valence-electron chi connectivity index (χ2n) is 3.66.